The van der Waals surface area contributed by atoms with Crippen LogP contribution < -0.4 is 0 Å². The molecule has 1 heterocycles. The lowest BCUT2D eigenvalue weighted by Gasteiger charge is -2.32. The number of hydrogen-bond acceptors (Lipinski definition) is 4. The Morgan fingerprint density at radius 3 is 2.41 bits per heavy atom. The minimum absolute atomic E-state index is 0.00249. The van der Waals surface area contributed by atoms with Gasteiger partial charge in [-0.05, 0) is 50.8 Å². The molecule has 4 atom stereocenters. The summed E-state index contributed by atoms with van der Waals surface area (Å²) >= 11 is 0. The van der Waals surface area contributed by atoms with Gasteiger partial charge in [0.05, 0.1) is 18.6 Å². The Morgan fingerprint density at radius 1 is 1.22 bits per heavy atom. The molecule has 7 heteroatoms. The first-order valence-electron chi connectivity index (χ1n) is 9.33. The highest BCUT2D eigenvalue weighted by molar-refractivity contribution is 5.80. The number of nitrogens with zero attached hydrogens (tertiary/aromatic N) is 1. The second-order valence-corrected chi connectivity index (χ2v) is 7.54. The number of carboxylic acid groups (broad SMARTS) is 1. The number of carbonyl (C=O) groups excluding carboxylic acids is 1. The van der Waals surface area contributed by atoms with Gasteiger partial charge in [-0.25, -0.2) is 4.39 Å². The minimum Gasteiger partial charge on any atom is -0.481 e. The van der Waals surface area contributed by atoms with Gasteiger partial charge >= 0.3 is 5.97 Å². The Hall–Kier alpha value is -1.99. The zero-order valence-corrected chi connectivity index (χ0v) is 15.7. The van der Waals surface area contributed by atoms with Crippen LogP contribution in [0.4, 0.5) is 4.39 Å². The second-order valence-electron chi connectivity index (χ2n) is 7.54. The molecule has 150 valence electrons. The number of aliphatic hydroxyl groups is 2. The van der Waals surface area contributed by atoms with E-state index < -0.39 is 24.6 Å². The monoisotopic (exact) mass is 381 g/mol. The molecule has 27 heavy (non-hydrogen) atoms. The molecule has 0 bridgehead atoms. The quantitative estimate of drug-likeness (QED) is 0.610. The van der Waals surface area contributed by atoms with Crippen LogP contribution >= 0.6 is 0 Å². The van der Waals surface area contributed by atoms with E-state index in [4.69, 9.17) is 5.11 Å². The molecule has 3 N–H and O–H groups in total. The predicted octanol–water partition coefficient (Wildman–Crippen LogP) is 2.29. The van der Waals surface area contributed by atoms with Crippen LogP contribution in [-0.4, -0.2) is 56.4 Å². The van der Waals surface area contributed by atoms with E-state index in [-0.39, 0.29) is 36.1 Å². The summed E-state index contributed by atoms with van der Waals surface area (Å²) in [7, 11) is 0. The molecule has 0 spiro atoms. The maximum absolute atomic E-state index is 13.2. The van der Waals surface area contributed by atoms with Crippen LogP contribution in [0.5, 0.6) is 0 Å². The van der Waals surface area contributed by atoms with Gasteiger partial charge in [0.2, 0.25) is 5.91 Å². The van der Waals surface area contributed by atoms with Crippen LogP contribution in [0.1, 0.15) is 57.4 Å². The van der Waals surface area contributed by atoms with E-state index in [0.29, 0.717) is 19.3 Å². The number of likely N-dealkylation sites (tertiary alicyclic amines) is 1. The van der Waals surface area contributed by atoms with Crippen molar-refractivity contribution < 1.29 is 29.3 Å². The Labute approximate surface area is 158 Å². The normalized spacial score (nSPS) is 22.3. The SMILES string of the molecule is CC(C)N1C(=O)CC(c2ccc(F)cc2)C1CC[C@H](O)C[C@@H](O)CC(=O)O. The Bertz CT molecular complexity index is 648. The predicted molar refractivity (Wildman–Crippen MR) is 97.6 cm³/mol. The highest BCUT2D eigenvalue weighted by Crippen LogP contribution is 2.38. The molecular formula is C20H28FNO5. The van der Waals surface area contributed by atoms with Gasteiger partial charge in [-0.1, -0.05) is 12.1 Å². The smallest absolute Gasteiger partial charge is 0.305 e. The van der Waals surface area contributed by atoms with Crippen molar-refractivity contribution in [3.63, 3.8) is 0 Å². The largest absolute Gasteiger partial charge is 0.481 e. The molecule has 1 aromatic rings. The molecule has 0 aromatic heterocycles. The number of amides is 1. The van der Waals surface area contributed by atoms with Crippen LogP contribution in [-0.2, 0) is 9.59 Å². The number of aliphatic hydroxyl groups excluding tert-OH is 2. The van der Waals surface area contributed by atoms with E-state index in [1.54, 1.807) is 12.1 Å². The van der Waals surface area contributed by atoms with Crippen LogP contribution in [0.25, 0.3) is 0 Å². The zero-order chi connectivity index (χ0) is 20.1. The van der Waals surface area contributed by atoms with Crippen molar-refractivity contribution in [1.29, 1.82) is 0 Å². The van der Waals surface area contributed by atoms with Crippen molar-refractivity contribution >= 4 is 11.9 Å². The first kappa shape index (κ1) is 21.3. The highest BCUT2D eigenvalue weighted by Gasteiger charge is 2.41. The van der Waals surface area contributed by atoms with Gasteiger partial charge in [0.1, 0.15) is 5.82 Å². The van der Waals surface area contributed by atoms with Crippen LogP contribution in [0, 0.1) is 5.82 Å². The Kier molecular flexibility index (Phi) is 7.33. The number of aliphatic carboxylic acids is 1. The molecule has 1 aliphatic rings. The zero-order valence-electron chi connectivity index (χ0n) is 15.7. The fourth-order valence-electron chi connectivity index (χ4n) is 3.95. The van der Waals surface area contributed by atoms with E-state index >= 15 is 0 Å². The molecule has 0 saturated carbocycles. The summed E-state index contributed by atoms with van der Waals surface area (Å²) in [5, 5.41) is 28.5. The van der Waals surface area contributed by atoms with Crippen molar-refractivity contribution in [2.75, 3.05) is 0 Å². The van der Waals surface area contributed by atoms with E-state index in [1.807, 2.05) is 18.7 Å². The molecule has 2 rings (SSSR count). The van der Waals surface area contributed by atoms with E-state index in [0.717, 1.165) is 5.56 Å². The number of carboxylic acids is 1. The van der Waals surface area contributed by atoms with Crippen LogP contribution in [0.3, 0.4) is 0 Å². The average molecular weight is 381 g/mol. The highest BCUT2D eigenvalue weighted by atomic mass is 19.1. The van der Waals surface area contributed by atoms with Gasteiger partial charge in [0.25, 0.3) is 0 Å². The van der Waals surface area contributed by atoms with Crippen molar-refractivity contribution in [3.05, 3.63) is 35.6 Å². The van der Waals surface area contributed by atoms with Gasteiger partial charge < -0.3 is 20.2 Å². The first-order valence-corrected chi connectivity index (χ1v) is 9.33. The minimum atomic E-state index is -1.11. The van der Waals surface area contributed by atoms with Crippen molar-refractivity contribution in [1.82, 2.24) is 4.90 Å². The summed E-state index contributed by atoms with van der Waals surface area (Å²) in [6.07, 6.45) is -1.17. The third kappa shape index (κ3) is 5.74. The summed E-state index contributed by atoms with van der Waals surface area (Å²) in [4.78, 5) is 24.9. The van der Waals surface area contributed by atoms with Gasteiger partial charge in [-0.2, -0.15) is 0 Å². The third-order valence-electron chi connectivity index (χ3n) is 5.11. The van der Waals surface area contributed by atoms with Crippen molar-refractivity contribution in [3.8, 4) is 0 Å². The molecule has 2 unspecified atom stereocenters. The van der Waals surface area contributed by atoms with Gasteiger partial charge in [0.15, 0.2) is 0 Å². The fraction of sp³-hybridized carbons (Fsp3) is 0.600. The summed E-state index contributed by atoms with van der Waals surface area (Å²) in [6.45, 7) is 3.87. The molecule has 1 fully saturated rings. The molecule has 1 aromatic carbocycles. The lowest BCUT2D eigenvalue weighted by atomic mass is 9.87. The van der Waals surface area contributed by atoms with Crippen LogP contribution in [0.2, 0.25) is 0 Å². The maximum Gasteiger partial charge on any atom is 0.305 e. The van der Waals surface area contributed by atoms with Crippen molar-refractivity contribution in [2.45, 2.75) is 76.2 Å². The molecule has 1 aliphatic heterocycles. The Morgan fingerprint density at radius 2 is 1.85 bits per heavy atom. The molecule has 6 nitrogen and oxygen atoms in total. The topological polar surface area (TPSA) is 98.1 Å². The van der Waals surface area contributed by atoms with Gasteiger partial charge in [0, 0.05) is 24.4 Å². The summed E-state index contributed by atoms with van der Waals surface area (Å²) in [6, 6.07) is 6.02. The fourth-order valence-corrected chi connectivity index (χ4v) is 3.95. The van der Waals surface area contributed by atoms with E-state index in [9.17, 15) is 24.2 Å². The second kappa shape index (κ2) is 9.28. The number of benzene rings is 1. The third-order valence-corrected chi connectivity index (χ3v) is 5.11. The van der Waals surface area contributed by atoms with E-state index in [1.165, 1.54) is 12.1 Å². The standard InChI is InChI=1S/C20H28FNO5/c1-12(2)22-18(8-7-15(23)9-16(24)10-20(26)27)17(11-19(22)25)13-3-5-14(21)6-4-13/h3-6,12,15-18,23-24H,7-11H2,1-2H3,(H,26,27)/t15-,16+,17?,18?/m0/s1. The number of rotatable bonds is 9. The number of halogens is 1. The Balaban J connectivity index is 2.07. The molecule has 0 radical (unpaired) electrons. The lowest BCUT2D eigenvalue weighted by Crippen LogP contribution is -2.40. The average Bonchev–Trinajstić information content (AvgIpc) is 2.89. The lowest BCUT2D eigenvalue weighted by molar-refractivity contribution is -0.139. The summed E-state index contributed by atoms with van der Waals surface area (Å²) < 4.78 is 13.2. The van der Waals surface area contributed by atoms with Gasteiger partial charge in [-0.15, -0.1) is 0 Å². The first-order chi connectivity index (χ1) is 12.7. The van der Waals surface area contributed by atoms with Gasteiger partial charge in [-0.3, -0.25) is 9.59 Å². The molecule has 1 saturated heterocycles. The van der Waals surface area contributed by atoms with Crippen LogP contribution in [0.15, 0.2) is 24.3 Å². The molecule has 1 amide bonds. The number of hydrogen-bond donors (Lipinski definition) is 3. The summed E-state index contributed by atoms with van der Waals surface area (Å²) in [5.74, 6) is -1.50. The summed E-state index contributed by atoms with van der Waals surface area (Å²) in [5.41, 5.74) is 0.887. The molecule has 0 aliphatic carbocycles. The van der Waals surface area contributed by atoms with Crippen molar-refractivity contribution in [2.24, 2.45) is 0 Å². The maximum atomic E-state index is 13.2. The van der Waals surface area contributed by atoms with E-state index in [2.05, 4.69) is 0 Å². The molecular weight excluding hydrogens is 353 g/mol. The number of carbonyl (C=O) groups is 2.